The fourth-order valence-corrected chi connectivity index (χ4v) is 21.0. The largest absolute Gasteiger partial charge is 0.310 e. The zero-order chi connectivity index (χ0) is 75.5. The molecule has 22 rings (SSSR count). The van der Waals surface area contributed by atoms with E-state index in [1.54, 1.807) is 0 Å². The highest BCUT2D eigenvalue weighted by Crippen LogP contribution is 2.61. The Morgan fingerprint density at radius 3 is 1.11 bits per heavy atom. The maximum Gasteiger partial charge on any atom is 0.0727 e. The molecule has 2 aliphatic carbocycles. The van der Waals surface area contributed by atoms with E-state index in [0.717, 1.165) is 28.4 Å². The Kier molecular flexibility index (Phi) is 17.1. The summed E-state index contributed by atoms with van der Waals surface area (Å²) in [5.41, 5.74) is 31.2. The predicted octanol–water partition coefficient (Wildman–Crippen LogP) is 30.4. The first-order valence-electron chi connectivity index (χ1n) is 39.2. The highest BCUT2D eigenvalue weighted by molar-refractivity contribution is 7.26. The summed E-state index contributed by atoms with van der Waals surface area (Å²) in [6.07, 6.45) is 0. The van der Waals surface area contributed by atoms with Crippen molar-refractivity contribution in [3.8, 4) is 66.8 Å². The molecule has 0 saturated carbocycles. The van der Waals surface area contributed by atoms with Crippen LogP contribution in [0.4, 0.5) is 34.1 Å². The standard InChI is InChI=1S/2C55H37NS/c1-5-17-38(18-6-1)40-33-41(39-19-7-2-8-20-39)35-46(34-40)56(44-23-11-4-12-24-44)45-30-31-49-50-36-43(29-32-53(50)57-54(49)37-45)55(42-21-9-3-10-22-42)51-27-15-13-25-47(51)48-26-14-16-28-52(48)55;1-4-18-38(19-5-1)39-20-14-21-40(36-39)41-22-15-27-44(37-41)56(43-25-8-3-9-26-43)52-35-17-31-48-47-30-16-34-51(53(47)57-54(48)52)55(42-23-6-2-7-24-42)49-32-12-10-28-45(49)46-29-11-13-33-50(46)55/h2*1-37H. The van der Waals surface area contributed by atoms with Gasteiger partial charge in [-0.1, -0.05) is 358 Å². The van der Waals surface area contributed by atoms with Gasteiger partial charge in [-0.05, 0) is 202 Å². The number of nitrogens with zero attached hydrogens (tertiary/aromatic N) is 2. The second-order valence-electron chi connectivity index (χ2n) is 29.7. The van der Waals surface area contributed by atoms with Crippen LogP contribution in [-0.2, 0) is 10.8 Å². The fourth-order valence-electron chi connectivity index (χ4n) is 18.5. The average Bonchev–Trinajstić information content (AvgIpc) is 1.53. The van der Waals surface area contributed by atoms with Crippen LogP contribution in [0.25, 0.3) is 107 Å². The Balaban J connectivity index is 0.000000143. The van der Waals surface area contributed by atoms with Gasteiger partial charge in [-0.15, -0.1) is 22.7 Å². The second kappa shape index (κ2) is 28.7. The Labute approximate surface area is 673 Å². The van der Waals surface area contributed by atoms with E-state index >= 15 is 0 Å². The molecule has 18 aromatic carbocycles. The van der Waals surface area contributed by atoms with Gasteiger partial charge in [0.05, 0.1) is 21.2 Å². The van der Waals surface area contributed by atoms with Crippen LogP contribution in [0.3, 0.4) is 0 Å². The van der Waals surface area contributed by atoms with Crippen molar-refractivity contribution in [3.63, 3.8) is 0 Å². The molecule has 0 spiro atoms. The first-order chi connectivity index (χ1) is 56.5. The molecule has 2 aliphatic rings. The zero-order valence-corrected chi connectivity index (χ0v) is 64.1. The SMILES string of the molecule is c1ccc(-c2cc(-c3ccccc3)cc(N(c3ccccc3)c3ccc4c(c3)sc3ccc(C5(c6ccccc6)c6ccccc6-c6ccccc65)cc34)c2)cc1.c1ccc(-c2cccc(-c3cccc(N(c4ccccc4)c4cccc5c4sc4c(C6(c7ccccc7)c7ccccc7-c7ccccc76)cccc45)c3)c2)cc1. The summed E-state index contributed by atoms with van der Waals surface area (Å²) in [6.45, 7) is 0. The molecule has 0 unspecified atom stereocenters. The molecule has 2 aromatic heterocycles. The number of benzene rings is 18. The van der Waals surface area contributed by atoms with E-state index in [9.17, 15) is 0 Å². The lowest BCUT2D eigenvalue weighted by molar-refractivity contribution is 0.770. The maximum atomic E-state index is 2.48. The molecular weight excluding hydrogens is 1410 g/mol. The highest BCUT2D eigenvalue weighted by Gasteiger charge is 2.48. The van der Waals surface area contributed by atoms with Crippen molar-refractivity contribution < 1.29 is 0 Å². The molecule has 2 heterocycles. The summed E-state index contributed by atoms with van der Waals surface area (Å²) in [6, 6.07) is 165. The van der Waals surface area contributed by atoms with Crippen molar-refractivity contribution in [3.05, 3.63) is 493 Å². The number of thiophene rings is 2. The molecular formula is C110H74N2S2. The number of hydrogen-bond acceptors (Lipinski definition) is 4. The number of para-hydroxylation sites is 2. The summed E-state index contributed by atoms with van der Waals surface area (Å²) < 4.78 is 5.14. The third-order valence-corrected chi connectivity index (χ3v) is 25.8. The lowest BCUT2D eigenvalue weighted by Crippen LogP contribution is -2.28. The van der Waals surface area contributed by atoms with Gasteiger partial charge in [-0.2, -0.15) is 0 Å². The summed E-state index contributed by atoms with van der Waals surface area (Å²) in [4.78, 5) is 4.85. The van der Waals surface area contributed by atoms with E-state index in [0.29, 0.717) is 0 Å². The molecule has 0 amide bonds. The minimum atomic E-state index is -0.475. The van der Waals surface area contributed by atoms with E-state index in [4.69, 9.17) is 0 Å². The summed E-state index contributed by atoms with van der Waals surface area (Å²) in [7, 11) is 0. The molecule has 4 heteroatoms. The Hall–Kier alpha value is -14.0. The van der Waals surface area contributed by atoms with E-state index < -0.39 is 10.8 Å². The first kappa shape index (κ1) is 68.1. The average molecular weight is 1490 g/mol. The third-order valence-electron chi connectivity index (χ3n) is 23.4. The molecule has 2 nitrogen and oxygen atoms in total. The summed E-state index contributed by atoms with van der Waals surface area (Å²) in [5, 5.41) is 5.12. The number of fused-ring (bicyclic) bond motifs is 12. The van der Waals surface area contributed by atoms with Gasteiger partial charge in [0, 0.05) is 64.1 Å². The minimum Gasteiger partial charge on any atom is -0.310 e. The molecule has 0 atom stereocenters. The second-order valence-corrected chi connectivity index (χ2v) is 31.8. The van der Waals surface area contributed by atoms with Gasteiger partial charge in [0.2, 0.25) is 0 Å². The smallest absolute Gasteiger partial charge is 0.0727 e. The topological polar surface area (TPSA) is 6.48 Å². The quantitative estimate of drug-likeness (QED) is 0.107. The first-order valence-corrected chi connectivity index (χ1v) is 40.8. The van der Waals surface area contributed by atoms with Gasteiger partial charge in [0.1, 0.15) is 0 Å². The van der Waals surface area contributed by atoms with E-state index in [2.05, 4.69) is 459 Å². The van der Waals surface area contributed by atoms with Gasteiger partial charge in [-0.25, -0.2) is 0 Å². The van der Waals surface area contributed by atoms with E-state index in [1.807, 2.05) is 22.7 Å². The van der Waals surface area contributed by atoms with Crippen LogP contribution in [0.2, 0.25) is 0 Å². The van der Waals surface area contributed by atoms with Crippen LogP contribution in [0.1, 0.15) is 44.5 Å². The van der Waals surface area contributed by atoms with E-state index in [1.165, 1.54) is 157 Å². The molecule has 0 fully saturated rings. The van der Waals surface area contributed by atoms with Crippen molar-refractivity contribution in [2.45, 2.75) is 10.8 Å². The van der Waals surface area contributed by atoms with Crippen molar-refractivity contribution in [1.29, 1.82) is 0 Å². The Morgan fingerprint density at radius 2 is 0.553 bits per heavy atom. The fraction of sp³-hybridized carbons (Fsp3) is 0.0182. The maximum absolute atomic E-state index is 2.48. The normalized spacial score (nSPS) is 12.7. The highest BCUT2D eigenvalue weighted by atomic mass is 32.1. The van der Waals surface area contributed by atoms with Crippen LogP contribution >= 0.6 is 22.7 Å². The van der Waals surface area contributed by atoms with Crippen molar-refractivity contribution in [2.24, 2.45) is 0 Å². The van der Waals surface area contributed by atoms with Gasteiger partial charge in [-0.3, -0.25) is 0 Å². The van der Waals surface area contributed by atoms with Crippen molar-refractivity contribution in [2.75, 3.05) is 9.80 Å². The Bertz CT molecular complexity index is 6830. The van der Waals surface area contributed by atoms with Gasteiger partial charge in [0.25, 0.3) is 0 Å². The molecule has 536 valence electrons. The molecule has 0 radical (unpaired) electrons. The van der Waals surface area contributed by atoms with Crippen LogP contribution in [0, 0.1) is 0 Å². The summed E-state index contributed by atoms with van der Waals surface area (Å²) in [5.74, 6) is 0. The van der Waals surface area contributed by atoms with Crippen LogP contribution in [0.15, 0.2) is 449 Å². The lowest BCUT2D eigenvalue weighted by Gasteiger charge is -2.34. The van der Waals surface area contributed by atoms with Gasteiger partial charge in [0.15, 0.2) is 0 Å². The van der Waals surface area contributed by atoms with Crippen molar-refractivity contribution >= 4 is 97.1 Å². The molecule has 114 heavy (non-hydrogen) atoms. The van der Waals surface area contributed by atoms with Gasteiger partial charge >= 0.3 is 0 Å². The molecule has 20 aromatic rings. The van der Waals surface area contributed by atoms with Crippen molar-refractivity contribution in [1.82, 2.24) is 0 Å². The number of hydrogen-bond donors (Lipinski definition) is 0. The zero-order valence-electron chi connectivity index (χ0n) is 62.4. The number of anilines is 6. The Morgan fingerprint density at radius 1 is 0.175 bits per heavy atom. The van der Waals surface area contributed by atoms with Gasteiger partial charge < -0.3 is 9.80 Å². The van der Waals surface area contributed by atoms with Crippen LogP contribution in [-0.4, -0.2) is 0 Å². The molecule has 0 bridgehead atoms. The van der Waals surface area contributed by atoms with Crippen LogP contribution in [0.5, 0.6) is 0 Å². The van der Waals surface area contributed by atoms with E-state index in [-0.39, 0.29) is 0 Å². The predicted molar refractivity (Wildman–Crippen MR) is 484 cm³/mol. The van der Waals surface area contributed by atoms with Crippen LogP contribution < -0.4 is 9.80 Å². The molecule has 0 N–H and O–H groups in total. The summed E-state index contributed by atoms with van der Waals surface area (Å²) >= 11 is 3.79. The molecule has 0 saturated heterocycles. The number of rotatable bonds is 14. The minimum absolute atomic E-state index is 0.429. The lowest BCUT2D eigenvalue weighted by atomic mass is 9.67. The third kappa shape index (κ3) is 11.4. The monoisotopic (exact) mass is 1490 g/mol. The molecule has 0 aliphatic heterocycles.